The maximum absolute atomic E-state index is 14.5. The molecule has 0 radical (unpaired) electrons. The average Bonchev–Trinajstić information content (AvgIpc) is 3.06. The summed E-state index contributed by atoms with van der Waals surface area (Å²) >= 11 is 0. The summed E-state index contributed by atoms with van der Waals surface area (Å²) < 4.78 is 65.7. The molecule has 2 aromatic carbocycles. The van der Waals surface area contributed by atoms with Crippen molar-refractivity contribution in [3.8, 4) is 11.3 Å². The van der Waals surface area contributed by atoms with Gasteiger partial charge in [0.2, 0.25) is 15.9 Å². The molecule has 33 heavy (non-hydrogen) atoms. The Kier molecular flexibility index (Phi) is 6.24. The van der Waals surface area contributed by atoms with Crippen LogP contribution in [-0.2, 0) is 14.8 Å². The third kappa shape index (κ3) is 4.91. The number of halogens is 3. The van der Waals surface area contributed by atoms with E-state index in [-0.39, 0.29) is 23.9 Å². The lowest BCUT2D eigenvalue weighted by Gasteiger charge is -2.36. The number of carbonyl (C=O) groups excluding carboxylic acids is 1. The van der Waals surface area contributed by atoms with Crippen LogP contribution in [0.15, 0.2) is 36.4 Å². The molecule has 1 aliphatic carbocycles. The quantitative estimate of drug-likeness (QED) is 0.542. The van der Waals surface area contributed by atoms with Gasteiger partial charge in [-0.2, -0.15) is 4.31 Å². The van der Waals surface area contributed by atoms with Crippen LogP contribution in [-0.4, -0.2) is 50.0 Å². The van der Waals surface area contributed by atoms with E-state index in [1.807, 2.05) is 0 Å². The van der Waals surface area contributed by atoms with E-state index in [1.165, 1.54) is 25.2 Å². The van der Waals surface area contributed by atoms with E-state index in [0.717, 1.165) is 22.2 Å². The number of nitrogens with one attached hydrogen (secondary N) is 2. The molecule has 1 aliphatic rings. The standard InChI is InChI=1S/C23H24F3N3O3S/c1-29(33(2,31)32)12-20(30)27-11-13-7-15(8-13)21-18-9-17(25)10-19(26)23(18)28-22(21)14-3-5-16(24)6-4-14/h3-6,9-10,13,15,28H,7-8,11-12H2,1-2H3,(H,27,30)/t13-,15+. The second-order valence-corrected chi connectivity index (χ2v) is 10.7. The number of amides is 1. The topological polar surface area (TPSA) is 82.3 Å². The van der Waals surface area contributed by atoms with Gasteiger partial charge in [-0.1, -0.05) is 0 Å². The summed E-state index contributed by atoms with van der Waals surface area (Å²) in [7, 11) is -2.11. The first-order valence-electron chi connectivity index (χ1n) is 10.5. The van der Waals surface area contributed by atoms with E-state index >= 15 is 0 Å². The number of fused-ring (bicyclic) bond motifs is 1. The van der Waals surface area contributed by atoms with Gasteiger partial charge in [0.15, 0.2) is 0 Å². The van der Waals surface area contributed by atoms with Crippen LogP contribution in [0.3, 0.4) is 0 Å². The van der Waals surface area contributed by atoms with Crippen LogP contribution in [0.1, 0.15) is 24.3 Å². The fraction of sp³-hybridized carbons (Fsp3) is 0.348. The minimum atomic E-state index is -3.44. The first-order valence-corrected chi connectivity index (χ1v) is 12.3. The maximum Gasteiger partial charge on any atom is 0.235 e. The molecule has 0 spiro atoms. The molecule has 1 aromatic heterocycles. The van der Waals surface area contributed by atoms with Crippen molar-refractivity contribution in [1.82, 2.24) is 14.6 Å². The van der Waals surface area contributed by atoms with Crippen LogP contribution < -0.4 is 5.32 Å². The Morgan fingerprint density at radius 3 is 2.42 bits per heavy atom. The van der Waals surface area contributed by atoms with Crippen LogP contribution in [0.25, 0.3) is 22.2 Å². The summed E-state index contributed by atoms with van der Waals surface area (Å²) in [4.78, 5) is 15.1. The molecule has 0 atom stereocenters. The van der Waals surface area contributed by atoms with Gasteiger partial charge in [0.1, 0.15) is 17.5 Å². The Morgan fingerprint density at radius 2 is 1.79 bits per heavy atom. The van der Waals surface area contributed by atoms with Gasteiger partial charge in [-0.3, -0.25) is 4.79 Å². The van der Waals surface area contributed by atoms with E-state index < -0.39 is 33.4 Å². The monoisotopic (exact) mass is 479 g/mol. The summed E-state index contributed by atoms with van der Waals surface area (Å²) in [6.45, 7) is 0.120. The number of nitrogens with zero attached hydrogens (tertiary/aromatic N) is 1. The molecule has 1 heterocycles. The number of rotatable bonds is 7. The summed E-state index contributed by atoms with van der Waals surface area (Å²) in [5.74, 6) is -2.02. The molecular weight excluding hydrogens is 455 g/mol. The number of aromatic nitrogens is 1. The number of aromatic amines is 1. The summed E-state index contributed by atoms with van der Waals surface area (Å²) in [5, 5.41) is 3.20. The first kappa shape index (κ1) is 23.3. The van der Waals surface area contributed by atoms with Crippen LogP contribution in [0, 0.1) is 23.4 Å². The molecule has 2 N–H and O–H groups in total. The predicted octanol–water partition coefficient (Wildman–Crippen LogP) is 3.75. The number of H-pyrrole nitrogens is 1. The second-order valence-electron chi connectivity index (χ2n) is 8.59. The molecule has 3 aromatic rings. The molecule has 176 valence electrons. The number of likely N-dealkylation sites (N-methyl/N-ethyl adjacent to an activating group) is 1. The smallest absolute Gasteiger partial charge is 0.235 e. The molecule has 4 rings (SSSR count). The SMILES string of the molecule is CN(CC(=O)NC[C@H]1C[C@@H](c2c(-c3ccc(F)cc3)[nH]c3c(F)cc(F)cc32)C1)S(C)(=O)=O. The van der Waals surface area contributed by atoms with Gasteiger partial charge >= 0.3 is 0 Å². The van der Waals surface area contributed by atoms with Crippen molar-refractivity contribution in [2.24, 2.45) is 5.92 Å². The molecule has 0 unspecified atom stereocenters. The number of benzene rings is 2. The molecule has 6 nitrogen and oxygen atoms in total. The van der Waals surface area contributed by atoms with Gasteiger partial charge in [0.25, 0.3) is 0 Å². The Morgan fingerprint density at radius 1 is 1.12 bits per heavy atom. The Bertz CT molecular complexity index is 1300. The predicted molar refractivity (Wildman–Crippen MR) is 120 cm³/mol. The van der Waals surface area contributed by atoms with Crippen LogP contribution in [0.2, 0.25) is 0 Å². The fourth-order valence-electron chi connectivity index (χ4n) is 4.28. The van der Waals surface area contributed by atoms with Crippen LogP contribution in [0.5, 0.6) is 0 Å². The molecule has 10 heteroatoms. The van der Waals surface area contributed by atoms with Crippen molar-refractivity contribution in [2.45, 2.75) is 18.8 Å². The van der Waals surface area contributed by atoms with Gasteiger partial charge in [-0.05, 0) is 66.1 Å². The van der Waals surface area contributed by atoms with Crippen molar-refractivity contribution in [3.05, 3.63) is 59.4 Å². The highest BCUT2D eigenvalue weighted by Gasteiger charge is 2.35. The van der Waals surface area contributed by atoms with E-state index in [1.54, 1.807) is 12.1 Å². The molecule has 0 saturated heterocycles. The van der Waals surface area contributed by atoms with E-state index in [0.29, 0.717) is 36.0 Å². The summed E-state index contributed by atoms with van der Waals surface area (Å²) in [6, 6.07) is 7.93. The van der Waals surface area contributed by atoms with Gasteiger partial charge < -0.3 is 10.3 Å². The highest BCUT2D eigenvalue weighted by atomic mass is 32.2. The van der Waals surface area contributed by atoms with Crippen molar-refractivity contribution in [1.29, 1.82) is 0 Å². The number of carbonyl (C=O) groups is 1. The van der Waals surface area contributed by atoms with E-state index in [9.17, 15) is 26.4 Å². The molecule has 1 amide bonds. The molecular formula is C23H24F3N3O3S. The first-order chi connectivity index (χ1) is 15.5. The lowest BCUT2D eigenvalue weighted by Crippen LogP contribution is -2.41. The maximum atomic E-state index is 14.5. The summed E-state index contributed by atoms with van der Waals surface area (Å²) in [6.07, 6.45) is 2.39. The minimum Gasteiger partial charge on any atom is -0.355 e. The Hall–Kier alpha value is -2.85. The minimum absolute atomic E-state index is 0.000554. The second kappa shape index (κ2) is 8.83. The van der Waals surface area contributed by atoms with Gasteiger partial charge in [-0.15, -0.1) is 0 Å². The zero-order valence-electron chi connectivity index (χ0n) is 18.2. The normalized spacial score (nSPS) is 18.5. The zero-order valence-corrected chi connectivity index (χ0v) is 19.0. The number of sulfonamides is 1. The van der Waals surface area contributed by atoms with Crippen molar-refractivity contribution in [2.75, 3.05) is 26.4 Å². The molecule has 0 aliphatic heterocycles. The Balaban J connectivity index is 1.51. The molecule has 1 saturated carbocycles. The zero-order chi connectivity index (χ0) is 23.9. The highest BCUT2D eigenvalue weighted by molar-refractivity contribution is 7.88. The third-order valence-corrected chi connectivity index (χ3v) is 7.42. The number of hydrogen-bond acceptors (Lipinski definition) is 3. The van der Waals surface area contributed by atoms with Crippen molar-refractivity contribution < 1.29 is 26.4 Å². The largest absolute Gasteiger partial charge is 0.355 e. The fourth-order valence-corrected chi connectivity index (χ4v) is 4.63. The highest BCUT2D eigenvalue weighted by Crippen LogP contribution is 2.48. The lowest BCUT2D eigenvalue weighted by atomic mass is 9.70. The lowest BCUT2D eigenvalue weighted by molar-refractivity contribution is -0.121. The Labute approximate surface area is 189 Å². The van der Waals surface area contributed by atoms with Crippen LogP contribution >= 0.6 is 0 Å². The number of hydrogen-bond donors (Lipinski definition) is 2. The summed E-state index contributed by atoms with van der Waals surface area (Å²) in [5.41, 5.74) is 2.26. The molecule has 0 bridgehead atoms. The average molecular weight is 480 g/mol. The third-order valence-electron chi connectivity index (χ3n) is 6.16. The van der Waals surface area contributed by atoms with Crippen LogP contribution in [0.4, 0.5) is 13.2 Å². The van der Waals surface area contributed by atoms with E-state index in [4.69, 9.17) is 0 Å². The van der Waals surface area contributed by atoms with Gasteiger partial charge in [-0.25, -0.2) is 21.6 Å². The van der Waals surface area contributed by atoms with Crippen molar-refractivity contribution in [3.63, 3.8) is 0 Å². The van der Waals surface area contributed by atoms with Gasteiger partial charge in [0.05, 0.1) is 24.0 Å². The van der Waals surface area contributed by atoms with Gasteiger partial charge in [0, 0.05) is 25.0 Å². The van der Waals surface area contributed by atoms with E-state index in [2.05, 4.69) is 10.3 Å². The molecule has 1 fully saturated rings. The van der Waals surface area contributed by atoms with Crippen molar-refractivity contribution >= 4 is 26.8 Å².